The molecule has 1 aromatic rings. The van der Waals surface area contributed by atoms with Crippen molar-refractivity contribution in [3.63, 3.8) is 0 Å². The van der Waals surface area contributed by atoms with E-state index in [0.717, 1.165) is 31.2 Å². The largest absolute Gasteiger partial charge is 0.466 e. The van der Waals surface area contributed by atoms with Crippen LogP contribution in [0.1, 0.15) is 44.6 Å². The molecule has 0 fully saturated rings. The number of aliphatic hydroxyl groups excluding tert-OH is 1. The molecule has 0 saturated carbocycles. The first kappa shape index (κ1) is 18.2. The van der Waals surface area contributed by atoms with Gasteiger partial charge in [-0.2, -0.15) is 0 Å². The Morgan fingerprint density at radius 3 is 2.50 bits per heavy atom. The zero-order valence-electron chi connectivity index (χ0n) is 13.0. The molecule has 0 aliphatic heterocycles. The summed E-state index contributed by atoms with van der Waals surface area (Å²) in [4.78, 5) is 23.1. The van der Waals surface area contributed by atoms with Crippen molar-refractivity contribution in [1.82, 2.24) is 0 Å². The third-order valence-electron chi connectivity index (χ3n) is 3.12. The molecule has 1 rings (SSSR count). The van der Waals surface area contributed by atoms with Crippen LogP contribution in [0, 0.1) is 0 Å². The maximum atomic E-state index is 11.6. The number of aliphatic hydroxyl groups is 1. The Kier molecular flexibility index (Phi) is 8.91. The Morgan fingerprint density at radius 1 is 1.09 bits per heavy atom. The summed E-state index contributed by atoms with van der Waals surface area (Å²) in [7, 11) is 0. The van der Waals surface area contributed by atoms with E-state index in [2.05, 4.69) is 6.92 Å². The van der Waals surface area contributed by atoms with Crippen molar-refractivity contribution in [1.29, 1.82) is 0 Å². The van der Waals surface area contributed by atoms with Crippen molar-refractivity contribution in [2.45, 2.75) is 51.7 Å². The molecule has 1 aromatic carbocycles. The molecule has 0 aromatic heterocycles. The summed E-state index contributed by atoms with van der Waals surface area (Å²) in [6.45, 7) is 2.50. The molecule has 1 N–H and O–H groups in total. The monoisotopic (exact) mass is 308 g/mol. The molecule has 0 bridgehead atoms. The molecule has 1 atom stereocenters. The number of esters is 2. The van der Waals surface area contributed by atoms with E-state index in [-0.39, 0.29) is 13.0 Å². The van der Waals surface area contributed by atoms with Crippen molar-refractivity contribution >= 4 is 11.9 Å². The van der Waals surface area contributed by atoms with Gasteiger partial charge in [0.2, 0.25) is 0 Å². The molecule has 0 spiro atoms. The highest BCUT2D eigenvalue weighted by Crippen LogP contribution is 2.05. The predicted molar refractivity (Wildman–Crippen MR) is 82.0 cm³/mol. The Bertz CT molecular complexity index is 444. The van der Waals surface area contributed by atoms with E-state index < -0.39 is 18.0 Å². The molecule has 0 aliphatic rings. The van der Waals surface area contributed by atoms with Gasteiger partial charge in [0.05, 0.1) is 13.0 Å². The highest BCUT2D eigenvalue weighted by atomic mass is 16.6. The van der Waals surface area contributed by atoms with E-state index in [9.17, 15) is 14.7 Å². The van der Waals surface area contributed by atoms with Crippen LogP contribution in [0.15, 0.2) is 30.3 Å². The van der Waals surface area contributed by atoms with E-state index in [1.165, 1.54) is 0 Å². The van der Waals surface area contributed by atoms with Crippen LogP contribution in [0.3, 0.4) is 0 Å². The summed E-state index contributed by atoms with van der Waals surface area (Å²) in [5, 5.41) is 9.63. The predicted octanol–water partition coefficient (Wildman–Crippen LogP) is 2.60. The third-order valence-corrected chi connectivity index (χ3v) is 3.12. The van der Waals surface area contributed by atoms with Crippen LogP contribution in [0.4, 0.5) is 0 Å². The van der Waals surface area contributed by atoms with Crippen molar-refractivity contribution in [2.75, 3.05) is 6.61 Å². The molecule has 0 radical (unpaired) electrons. The molecule has 0 amide bonds. The number of rotatable bonds is 10. The van der Waals surface area contributed by atoms with E-state index >= 15 is 0 Å². The van der Waals surface area contributed by atoms with Crippen LogP contribution in [-0.4, -0.2) is 29.8 Å². The van der Waals surface area contributed by atoms with Gasteiger partial charge in [-0.15, -0.1) is 0 Å². The van der Waals surface area contributed by atoms with Crippen LogP contribution >= 0.6 is 0 Å². The van der Waals surface area contributed by atoms with Gasteiger partial charge in [0.25, 0.3) is 0 Å². The summed E-state index contributed by atoms with van der Waals surface area (Å²) < 4.78 is 9.92. The van der Waals surface area contributed by atoms with Gasteiger partial charge in [0.1, 0.15) is 6.61 Å². The van der Waals surface area contributed by atoms with Crippen LogP contribution in [0.5, 0.6) is 0 Å². The lowest BCUT2D eigenvalue weighted by Crippen LogP contribution is -2.27. The molecular weight excluding hydrogens is 284 g/mol. The minimum atomic E-state index is -1.48. The first-order valence-corrected chi connectivity index (χ1v) is 7.67. The molecule has 5 heteroatoms. The summed E-state index contributed by atoms with van der Waals surface area (Å²) in [6.07, 6.45) is 2.17. The fourth-order valence-electron chi connectivity index (χ4n) is 1.84. The number of benzene rings is 1. The summed E-state index contributed by atoms with van der Waals surface area (Å²) >= 11 is 0. The first-order chi connectivity index (χ1) is 10.6. The summed E-state index contributed by atoms with van der Waals surface area (Å²) in [6, 6.07) is 9.14. The van der Waals surface area contributed by atoms with E-state index in [1.54, 1.807) is 0 Å². The minimum Gasteiger partial charge on any atom is -0.466 e. The van der Waals surface area contributed by atoms with E-state index in [1.807, 2.05) is 30.3 Å². The van der Waals surface area contributed by atoms with Crippen LogP contribution in [-0.2, 0) is 25.7 Å². The van der Waals surface area contributed by atoms with E-state index in [4.69, 9.17) is 9.47 Å². The number of hydrogen-bond donors (Lipinski definition) is 1. The molecule has 122 valence electrons. The highest BCUT2D eigenvalue weighted by molar-refractivity contribution is 5.81. The average molecular weight is 308 g/mol. The van der Waals surface area contributed by atoms with Gasteiger partial charge in [-0.3, -0.25) is 4.79 Å². The topological polar surface area (TPSA) is 72.8 Å². The second-order valence-electron chi connectivity index (χ2n) is 5.09. The molecule has 0 heterocycles. The quantitative estimate of drug-likeness (QED) is 0.531. The van der Waals surface area contributed by atoms with Crippen molar-refractivity contribution in [3.8, 4) is 0 Å². The highest BCUT2D eigenvalue weighted by Gasteiger charge is 2.21. The van der Waals surface area contributed by atoms with Crippen LogP contribution in [0.2, 0.25) is 0 Å². The number of carbonyl (C=O) groups excluding carboxylic acids is 2. The van der Waals surface area contributed by atoms with Crippen molar-refractivity contribution in [3.05, 3.63) is 35.9 Å². The molecule has 0 saturated heterocycles. The second kappa shape index (κ2) is 10.8. The Hall–Kier alpha value is -1.88. The average Bonchev–Trinajstić information content (AvgIpc) is 2.53. The molecule has 1 unspecified atom stereocenters. The maximum Gasteiger partial charge on any atom is 0.335 e. The standard InChI is InChI=1S/C17H24O5/c1-2-3-4-8-11-21-16(19)12-15(18)17(20)22-13-14-9-6-5-7-10-14/h5-7,9-10,15,18H,2-4,8,11-13H2,1H3. The number of ether oxygens (including phenoxy) is 2. The summed E-state index contributed by atoms with van der Waals surface area (Å²) in [5.41, 5.74) is 0.821. The zero-order chi connectivity index (χ0) is 16.2. The van der Waals surface area contributed by atoms with Gasteiger partial charge in [-0.05, 0) is 12.0 Å². The first-order valence-electron chi connectivity index (χ1n) is 7.67. The van der Waals surface area contributed by atoms with Crippen molar-refractivity contribution < 1.29 is 24.2 Å². The van der Waals surface area contributed by atoms with Crippen LogP contribution in [0.25, 0.3) is 0 Å². The van der Waals surface area contributed by atoms with Gasteiger partial charge >= 0.3 is 11.9 Å². The minimum absolute atomic E-state index is 0.0722. The lowest BCUT2D eigenvalue weighted by Gasteiger charge is -2.10. The number of carbonyl (C=O) groups is 2. The Labute approximate surface area is 131 Å². The fraction of sp³-hybridized carbons (Fsp3) is 0.529. The smallest absolute Gasteiger partial charge is 0.335 e. The Balaban J connectivity index is 2.18. The Morgan fingerprint density at radius 2 is 1.82 bits per heavy atom. The molecule has 0 aliphatic carbocycles. The normalized spacial score (nSPS) is 11.7. The maximum absolute atomic E-state index is 11.6. The van der Waals surface area contributed by atoms with Gasteiger partial charge in [-0.1, -0.05) is 56.5 Å². The van der Waals surface area contributed by atoms with Gasteiger partial charge < -0.3 is 14.6 Å². The molecular formula is C17H24O5. The number of unbranched alkanes of at least 4 members (excludes halogenated alkanes) is 3. The van der Waals surface area contributed by atoms with E-state index in [0.29, 0.717) is 6.61 Å². The van der Waals surface area contributed by atoms with Gasteiger partial charge in [0, 0.05) is 0 Å². The SMILES string of the molecule is CCCCCCOC(=O)CC(O)C(=O)OCc1ccccc1. The summed E-state index contributed by atoms with van der Waals surface area (Å²) in [5.74, 6) is -1.40. The third kappa shape index (κ3) is 7.78. The van der Waals surface area contributed by atoms with Gasteiger partial charge in [-0.25, -0.2) is 4.79 Å². The molecule has 5 nitrogen and oxygen atoms in total. The lowest BCUT2D eigenvalue weighted by molar-refractivity contribution is -0.161. The zero-order valence-corrected chi connectivity index (χ0v) is 13.0. The number of hydrogen-bond acceptors (Lipinski definition) is 5. The van der Waals surface area contributed by atoms with Gasteiger partial charge in [0.15, 0.2) is 6.10 Å². The fourth-order valence-corrected chi connectivity index (χ4v) is 1.84. The van der Waals surface area contributed by atoms with Crippen molar-refractivity contribution in [2.24, 2.45) is 0 Å². The molecule has 22 heavy (non-hydrogen) atoms. The van der Waals surface area contributed by atoms with Crippen LogP contribution < -0.4 is 0 Å². The second-order valence-corrected chi connectivity index (χ2v) is 5.09. The lowest BCUT2D eigenvalue weighted by atomic mass is 10.2.